The molecular formula is C12H20N4O3. The summed E-state index contributed by atoms with van der Waals surface area (Å²) in [7, 11) is 1.59. The summed E-state index contributed by atoms with van der Waals surface area (Å²) in [4.78, 5) is 31.2. The number of rotatable bonds is 6. The van der Waals surface area contributed by atoms with Crippen molar-refractivity contribution < 1.29 is 14.7 Å². The van der Waals surface area contributed by atoms with Crippen LogP contribution in [0.2, 0.25) is 0 Å². The van der Waals surface area contributed by atoms with Crippen LogP contribution in [0.4, 0.5) is 4.79 Å². The van der Waals surface area contributed by atoms with Gasteiger partial charge in [0.05, 0.1) is 6.54 Å². The van der Waals surface area contributed by atoms with Gasteiger partial charge in [-0.25, -0.2) is 14.6 Å². The maximum Gasteiger partial charge on any atom is 0.326 e. The van der Waals surface area contributed by atoms with Crippen LogP contribution in [0.25, 0.3) is 0 Å². The highest BCUT2D eigenvalue weighted by atomic mass is 16.4. The van der Waals surface area contributed by atoms with Crippen LogP contribution in [-0.2, 0) is 11.3 Å². The van der Waals surface area contributed by atoms with Gasteiger partial charge in [-0.05, 0) is 12.3 Å². The molecule has 106 valence electrons. The Labute approximate surface area is 112 Å². The van der Waals surface area contributed by atoms with Crippen molar-refractivity contribution in [1.82, 2.24) is 20.2 Å². The third-order valence-corrected chi connectivity index (χ3v) is 2.59. The molecule has 1 heterocycles. The number of aromatic amines is 1. The van der Waals surface area contributed by atoms with Crippen molar-refractivity contribution in [2.75, 3.05) is 7.05 Å². The van der Waals surface area contributed by atoms with E-state index >= 15 is 0 Å². The summed E-state index contributed by atoms with van der Waals surface area (Å²) < 4.78 is 0. The van der Waals surface area contributed by atoms with E-state index in [4.69, 9.17) is 5.11 Å². The van der Waals surface area contributed by atoms with E-state index in [0.717, 1.165) is 0 Å². The summed E-state index contributed by atoms with van der Waals surface area (Å²) in [6, 6.07) is -1.30. The monoisotopic (exact) mass is 268 g/mol. The number of aliphatic carboxylic acids is 1. The van der Waals surface area contributed by atoms with E-state index in [1.165, 1.54) is 4.90 Å². The van der Waals surface area contributed by atoms with Gasteiger partial charge in [-0.3, -0.25) is 0 Å². The smallest absolute Gasteiger partial charge is 0.326 e. The summed E-state index contributed by atoms with van der Waals surface area (Å²) in [6.45, 7) is 4.12. The number of aromatic nitrogens is 2. The molecule has 0 fully saturated rings. The molecule has 1 aromatic heterocycles. The minimum Gasteiger partial charge on any atom is -0.480 e. The molecule has 0 spiro atoms. The number of hydrogen-bond acceptors (Lipinski definition) is 3. The summed E-state index contributed by atoms with van der Waals surface area (Å²) in [5, 5.41) is 11.6. The van der Waals surface area contributed by atoms with Gasteiger partial charge < -0.3 is 20.3 Å². The van der Waals surface area contributed by atoms with Crippen molar-refractivity contribution in [3.05, 3.63) is 18.2 Å². The summed E-state index contributed by atoms with van der Waals surface area (Å²) in [5.74, 6) is -0.182. The average Bonchev–Trinajstić information content (AvgIpc) is 2.79. The molecule has 0 aromatic carbocycles. The fraction of sp³-hybridized carbons (Fsp3) is 0.583. The highest BCUT2D eigenvalue weighted by Crippen LogP contribution is 2.06. The predicted octanol–water partition coefficient (Wildman–Crippen LogP) is 1.05. The number of imidazole rings is 1. The van der Waals surface area contributed by atoms with Crippen LogP contribution >= 0.6 is 0 Å². The molecule has 7 nitrogen and oxygen atoms in total. The van der Waals surface area contributed by atoms with E-state index in [9.17, 15) is 9.59 Å². The zero-order chi connectivity index (χ0) is 14.4. The third kappa shape index (κ3) is 4.99. The first kappa shape index (κ1) is 15.0. The quantitative estimate of drug-likeness (QED) is 0.718. The Morgan fingerprint density at radius 3 is 2.68 bits per heavy atom. The van der Waals surface area contributed by atoms with Gasteiger partial charge in [0.2, 0.25) is 0 Å². The number of carbonyl (C=O) groups is 2. The Morgan fingerprint density at radius 1 is 1.53 bits per heavy atom. The predicted molar refractivity (Wildman–Crippen MR) is 69.5 cm³/mol. The molecule has 0 radical (unpaired) electrons. The lowest BCUT2D eigenvalue weighted by Gasteiger charge is -2.21. The lowest BCUT2D eigenvalue weighted by molar-refractivity contribution is -0.139. The number of nitrogens with zero attached hydrogens (tertiary/aromatic N) is 2. The molecule has 7 heteroatoms. The topological polar surface area (TPSA) is 98.3 Å². The summed E-state index contributed by atoms with van der Waals surface area (Å²) in [5.41, 5.74) is 0. The number of amides is 2. The lowest BCUT2D eigenvalue weighted by atomic mass is 10.0. The van der Waals surface area contributed by atoms with Crippen LogP contribution in [0.3, 0.4) is 0 Å². The minimum absolute atomic E-state index is 0.191. The Bertz CT molecular complexity index is 417. The van der Waals surface area contributed by atoms with Gasteiger partial charge in [0.25, 0.3) is 0 Å². The molecule has 0 saturated heterocycles. The number of carboxylic acids is 1. The number of hydrogen-bond donors (Lipinski definition) is 3. The van der Waals surface area contributed by atoms with E-state index in [1.54, 1.807) is 19.4 Å². The van der Waals surface area contributed by atoms with Crippen molar-refractivity contribution in [1.29, 1.82) is 0 Å². The maximum absolute atomic E-state index is 11.9. The van der Waals surface area contributed by atoms with Crippen LogP contribution in [0.5, 0.6) is 0 Å². The fourth-order valence-corrected chi connectivity index (χ4v) is 1.63. The molecule has 0 saturated carbocycles. The normalized spacial score (nSPS) is 12.2. The molecule has 1 atom stereocenters. The molecule has 1 rings (SSSR count). The zero-order valence-electron chi connectivity index (χ0n) is 11.4. The first-order chi connectivity index (χ1) is 8.90. The van der Waals surface area contributed by atoms with E-state index in [1.807, 2.05) is 13.8 Å². The molecule has 0 aliphatic rings. The van der Waals surface area contributed by atoms with Gasteiger partial charge in [-0.1, -0.05) is 13.8 Å². The number of carbonyl (C=O) groups excluding carboxylic acids is 1. The number of urea groups is 1. The van der Waals surface area contributed by atoms with Gasteiger partial charge in [-0.2, -0.15) is 0 Å². The number of nitrogens with one attached hydrogen (secondary N) is 2. The Kier molecular flexibility index (Phi) is 5.35. The summed E-state index contributed by atoms with van der Waals surface area (Å²) >= 11 is 0. The van der Waals surface area contributed by atoms with Crippen molar-refractivity contribution in [3.8, 4) is 0 Å². The van der Waals surface area contributed by atoms with E-state index < -0.39 is 18.0 Å². The second kappa shape index (κ2) is 6.77. The molecule has 0 aliphatic heterocycles. The van der Waals surface area contributed by atoms with Gasteiger partial charge >= 0.3 is 12.0 Å². The SMILES string of the molecule is CC(C)C[C@H](NC(=O)N(C)Cc1ncc[nH]1)C(=O)O. The Morgan fingerprint density at radius 2 is 2.21 bits per heavy atom. The molecule has 0 aliphatic carbocycles. The highest BCUT2D eigenvalue weighted by molar-refractivity contribution is 5.82. The van der Waals surface area contributed by atoms with Crippen molar-refractivity contribution >= 4 is 12.0 Å². The maximum atomic E-state index is 11.9. The van der Waals surface area contributed by atoms with Crippen LogP contribution in [0.1, 0.15) is 26.1 Å². The second-order valence-corrected chi connectivity index (χ2v) is 4.86. The first-order valence-electron chi connectivity index (χ1n) is 6.12. The molecule has 1 aromatic rings. The molecule has 2 amide bonds. The first-order valence-corrected chi connectivity index (χ1v) is 6.12. The standard InChI is InChI=1S/C12H20N4O3/c1-8(2)6-9(11(17)18)15-12(19)16(3)7-10-13-4-5-14-10/h4-5,8-9H,6-7H2,1-3H3,(H,13,14)(H,15,19)(H,17,18)/t9-/m0/s1. The largest absolute Gasteiger partial charge is 0.480 e. The van der Waals surface area contributed by atoms with Crippen molar-refractivity contribution in [3.63, 3.8) is 0 Å². The Hall–Kier alpha value is -2.05. The van der Waals surface area contributed by atoms with Crippen molar-refractivity contribution in [2.24, 2.45) is 5.92 Å². The summed E-state index contributed by atoms with van der Waals surface area (Å²) in [6.07, 6.45) is 3.66. The van der Waals surface area contributed by atoms with Crippen LogP contribution < -0.4 is 5.32 Å². The Balaban J connectivity index is 2.53. The van der Waals surface area contributed by atoms with Crippen LogP contribution in [0.15, 0.2) is 12.4 Å². The van der Waals surface area contributed by atoms with E-state index in [-0.39, 0.29) is 5.92 Å². The van der Waals surface area contributed by atoms with Gasteiger partial charge in [0.1, 0.15) is 11.9 Å². The van der Waals surface area contributed by atoms with E-state index in [0.29, 0.717) is 18.8 Å². The second-order valence-electron chi connectivity index (χ2n) is 4.86. The van der Waals surface area contributed by atoms with Gasteiger partial charge in [0, 0.05) is 19.4 Å². The highest BCUT2D eigenvalue weighted by Gasteiger charge is 2.22. The lowest BCUT2D eigenvalue weighted by Crippen LogP contribution is -2.47. The third-order valence-electron chi connectivity index (χ3n) is 2.59. The molecule has 0 bridgehead atoms. The molecular weight excluding hydrogens is 248 g/mol. The van der Waals surface area contributed by atoms with E-state index in [2.05, 4.69) is 15.3 Å². The average molecular weight is 268 g/mol. The fourth-order valence-electron chi connectivity index (χ4n) is 1.63. The van der Waals surface area contributed by atoms with Crippen molar-refractivity contribution in [2.45, 2.75) is 32.9 Å². The number of carboxylic acid groups (broad SMARTS) is 1. The van der Waals surface area contributed by atoms with Crippen LogP contribution in [0, 0.1) is 5.92 Å². The van der Waals surface area contributed by atoms with Gasteiger partial charge in [-0.15, -0.1) is 0 Å². The molecule has 19 heavy (non-hydrogen) atoms. The number of H-pyrrole nitrogens is 1. The minimum atomic E-state index is -1.02. The zero-order valence-corrected chi connectivity index (χ0v) is 11.4. The van der Waals surface area contributed by atoms with Gasteiger partial charge in [0.15, 0.2) is 0 Å². The molecule has 3 N–H and O–H groups in total. The molecule has 0 unspecified atom stereocenters. The van der Waals surface area contributed by atoms with Crippen LogP contribution in [-0.4, -0.2) is 45.1 Å².